The third-order valence-electron chi connectivity index (χ3n) is 6.39. The Morgan fingerprint density at radius 3 is 2.59 bits per heavy atom. The molecule has 2 atom stereocenters. The molecule has 11 heteroatoms. The zero-order valence-electron chi connectivity index (χ0n) is 21.8. The van der Waals surface area contributed by atoms with Crippen LogP contribution in [-0.2, 0) is 22.8 Å². The summed E-state index contributed by atoms with van der Waals surface area (Å²) in [5, 5.41) is 27.3. The highest BCUT2D eigenvalue weighted by atomic mass is 32.2. The molecule has 2 aromatic carbocycles. The monoisotopic (exact) mass is 551 g/mol. The molecule has 0 saturated heterocycles. The standard InChI is InChI=1S/C28H33N5O5S/c1-18(30-15-26(34)21-7-9-27(29)31-14-21)10-19-6-8-24-22(11-19)13-25(28(35)36)33(24)16-20-4-3-5-23(12-20)32-17-39(2,37)38/h3-9,11-14,18,26,30,32,34H,10,15-17H2,1-2H3,(H2,29,31)(H,35,36). The third-order valence-corrected chi connectivity index (χ3v) is 7.06. The van der Waals surface area contributed by atoms with E-state index in [1.807, 2.05) is 37.3 Å². The van der Waals surface area contributed by atoms with Crippen LogP contribution in [0.5, 0.6) is 0 Å². The molecule has 206 valence electrons. The van der Waals surface area contributed by atoms with Crippen LogP contribution >= 0.6 is 0 Å². The average molecular weight is 552 g/mol. The predicted molar refractivity (Wildman–Crippen MR) is 153 cm³/mol. The summed E-state index contributed by atoms with van der Waals surface area (Å²) in [7, 11) is -3.18. The Kier molecular flexibility index (Phi) is 8.54. The molecular weight excluding hydrogens is 518 g/mol. The van der Waals surface area contributed by atoms with Crippen molar-refractivity contribution in [2.24, 2.45) is 0 Å². The highest BCUT2D eigenvalue weighted by Gasteiger charge is 2.17. The van der Waals surface area contributed by atoms with E-state index in [0.717, 1.165) is 28.3 Å². The number of hydrogen-bond acceptors (Lipinski definition) is 8. The predicted octanol–water partition coefficient (Wildman–Crippen LogP) is 3.03. The number of nitrogen functional groups attached to an aromatic ring is 1. The Hall–Kier alpha value is -3.93. The summed E-state index contributed by atoms with van der Waals surface area (Å²) in [6.45, 7) is 2.69. The number of rotatable bonds is 12. The first-order valence-corrected chi connectivity index (χ1v) is 14.5. The van der Waals surface area contributed by atoms with Gasteiger partial charge in [0, 0.05) is 53.7 Å². The highest BCUT2D eigenvalue weighted by molar-refractivity contribution is 7.90. The lowest BCUT2D eigenvalue weighted by Gasteiger charge is -2.17. The van der Waals surface area contributed by atoms with Crippen LogP contribution in [0.1, 0.15) is 40.2 Å². The van der Waals surface area contributed by atoms with Gasteiger partial charge in [-0.2, -0.15) is 0 Å². The van der Waals surface area contributed by atoms with Gasteiger partial charge in [0.05, 0.1) is 6.10 Å². The maximum atomic E-state index is 12.1. The quantitative estimate of drug-likeness (QED) is 0.178. The smallest absolute Gasteiger partial charge is 0.352 e. The van der Waals surface area contributed by atoms with E-state index in [1.165, 1.54) is 0 Å². The molecule has 4 aromatic rings. The van der Waals surface area contributed by atoms with Crippen molar-refractivity contribution >= 4 is 38.2 Å². The summed E-state index contributed by atoms with van der Waals surface area (Å²) in [6.07, 6.45) is 2.69. The summed E-state index contributed by atoms with van der Waals surface area (Å²) in [4.78, 5) is 16.1. The second kappa shape index (κ2) is 11.9. The molecule has 10 nitrogen and oxygen atoms in total. The van der Waals surface area contributed by atoms with Gasteiger partial charge >= 0.3 is 5.97 Å². The number of hydrogen-bond donors (Lipinski definition) is 5. The molecule has 2 heterocycles. The number of nitrogens with one attached hydrogen (secondary N) is 2. The normalized spacial score (nSPS) is 13.3. The molecular formula is C28H33N5O5S. The van der Waals surface area contributed by atoms with Crippen molar-refractivity contribution in [2.75, 3.05) is 29.7 Å². The minimum atomic E-state index is -3.18. The number of carboxylic acid groups (broad SMARTS) is 1. The molecule has 2 unspecified atom stereocenters. The van der Waals surface area contributed by atoms with E-state index in [9.17, 15) is 23.4 Å². The number of sulfone groups is 1. The van der Waals surface area contributed by atoms with Crippen molar-refractivity contribution < 1.29 is 23.4 Å². The number of fused-ring (bicyclic) bond motifs is 1. The summed E-state index contributed by atoms with van der Waals surface area (Å²) < 4.78 is 24.7. The minimum absolute atomic E-state index is 0.0574. The lowest BCUT2D eigenvalue weighted by Crippen LogP contribution is -2.32. The van der Waals surface area contributed by atoms with E-state index in [1.54, 1.807) is 41.1 Å². The number of aliphatic hydroxyl groups excluding tert-OH is 1. The maximum absolute atomic E-state index is 12.1. The van der Waals surface area contributed by atoms with Crippen LogP contribution in [-0.4, -0.2) is 58.9 Å². The number of aromatic carboxylic acids is 1. The van der Waals surface area contributed by atoms with Gasteiger partial charge in [-0.05, 0) is 60.9 Å². The molecule has 0 aliphatic carbocycles. The largest absolute Gasteiger partial charge is 0.477 e. The van der Waals surface area contributed by atoms with E-state index in [-0.39, 0.29) is 17.6 Å². The fourth-order valence-electron chi connectivity index (χ4n) is 4.44. The molecule has 2 aromatic heterocycles. The van der Waals surface area contributed by atoms with Crippen molar-refractivity contribution in [3.63, 3.8) is 0 Å². The second-order valence-corrected chi connectivity index (χ2v) is 11.9. The van der Waals surface area contributed by atoms with Crippen molar-refractivity contribution in [3.05, 3.63) is 89.2 Å². The summed E-state index contributed by atoms with van der Waals surface area (Å²) in [6, 6.07) is 18.3. The van der Waals surface area contributed by atoms with Gasteiger partial charge in [-0.25, -0.2) is 18.2 Å². The molecule has 0 aliphatic heterocycles. The molecule has 4 rings (SSSR count). The Morgan fingerprint density at radius 1 is 1.10 bits per heavy atom. The fraction of sp³-hybridized carbons (Fsp3) is 0.286. The number of nitrogens with zero attached hydrogens (tertiary/aromatic N) is 2. The van der Waals surface area contributed by atoms with Crippen LogP contribution in [0.25, 0.3) is 10.9 Å². The van der Waals surface area contributed by atoms with E-state index in [4.69, 9.17) is 5.73 Å². The summed E-state index contributed by atoms with van der Waals surface area (Å²) in [5.74, 6) is -0.811. The number of anilines is 2. The molecule has 39 heavy (non-hydrogen) atoms. The van der Waals surface area contributed by atoms with Crippen LogP contribution in [0, 0.1) is 0 Å². The van der Waals surface area contributed by atoms with Crippen LogP contribution in [0.15, 0.2) is 66.9 Å². The summed E-state index contributed by atoms with van der Waals surface area (Å²) >= 11 is 0. The van der Waals surface area contributed by atoms with Gasteiger partial charge in [0.1, 0.15) is 17.4 Å². The first kappa shape index (κ1) is 28.1. The molecule has 0 radical (unpaired) electrons. The number of aromatic nitrogens is 2. The molecule has 0 amide bonds. The van der Waals surface area contributed by atoms with Gasteiger partial charge in [-0.15, -0.1) is 0 Å². The number of pyridine rings is 1. The van der Waals surface area contributed by atoms with E-state index in [2.05, 4.69) is 15.6 Å². The van der Waals surface area contributed by atoms with Gasteiger partial charge in [0.15, 0.2) is 9.84 Å². The summed E-state index contributed by atoms with van der Waals surface area (Å²) in [5.41, 5.74) is 9.77. The van der Waals surface area contributed by atoms with Crippen LogP contribution in [0.4, 0.5) is 11.5 Å². The van der Waals surface area contributed by atoms with Crippen molar-refractivity contribution in [3.8, 4) is 0 Å². The van der Waals surface area contributed by atoms with Crippen LogP contribution in [0.3, 0.4) is 0 Å². The molecule has 0 aliphatic rings. The number of carboxylic acids is 1. The van der Waals surface area contributed by atoms with E-state index in [0.29, 0.717) is 36.6 Å². The first-order valence-electron chi connectivity index (χ1n) is 12.5. The topological polar surface area (TPSA) is 160 Å². The number of nitrogens with two attached hydrogens (primary N) is 1. The SMILES string of the molecule is CC(Cc1ccc2c(c1)cc(C(=O)O)n2Cc1cccc(NCS(C)(=O)=O)c1)NCC(O)c1ccc(N)nc1. The van der Waals surface area contributed by atoms with Gasteiger partial charge in [-0.3, -0.25) is 0 Å². The molecule has 0 bridgehead atoms. The minimum Gasteiger partial charge on any atom is -0.477 e. The fourth-order valence-corrected chi connectivity index (χ4v) is 4.87. The Bertz CT molecular complexity index is 1570. The Labute approximate surface area is 227 Å². The zero-order valence-corrected chi connectivity index (χ0v) is 22.6. The number of carbonyl (C=O) groups is 1. The zero-order chi connectivity index (χ0) is 28.2. The Morgan fingerprint density at radius 2 is 1.90 bits per heavy atom. The second-order valence-electron chi connectivity index (χ2n) is 9.81. The Balaban J connectivity index is 1.47. The maximum Gasteiger partial charge on any atom is 0.352 e. The van der Waals surface area contributed by atoms with E-state index >= 15 is 0 Å². The van der Waals surface area contributed by atoms with Gasteiger partial charge in [0.25, 0.3) is 0 Å². The molecule has 0 spiro atoms. The van der Waals surface area contributed by atoms with Gasteiger partial charge < -0.3 is 31.1 Å². The van der Waals surface area contributed by atoms with Gasteiger partial charge in [0.2, 0.25) is 0 Å². The lowest BCUT2D eigenvalue weighted by atomic mass is 10.0. The molecule has 6 N–H and O–H groups in total. The van der Waals surface area contributed by atoms with Crippen LogP contribution in [0.2, 0.25) is 0 Å². The van der Waals surface area contributed by atoms with Crippen molar-refractivity contribution in [1.29, 1.82) is 0 Å². The van der Waals surface area contributed by atoms with E-state index < -0.39 is 21.9 Å². The van der Waals surface area contributed by atoms with Gasteiger partial charge in [-0.1, -0.05) is 24.3 Å². The van der Waals surface area contributed by atoms with Crippen LogP contribution < -0.4 is 16.4 Å². The molecule has 0 fully saturated rings. The molecule has 0 saturated carbocycles. The number of aliphatic hydroxyl groups is 1. The van der Waals surface area contributed by atoms with Crippen molar-refractivity contribution in [2.45, 2.75) is 32.0 Å². The average Bonchev–Trinajstić information content (AvgIpc) is 3.24. The first-order chi connectivity index (χ1) is 18.5. The lowest BCUT2D eigenvalue weighted by molar-refractivity contribution is 0.0686. The van der Waals surface area contributed by atoms with Crippen molar-refractivity contribution in [1.82, 2.24) is 14.9 Å². The highest BCUT2D eigenvalue weighted by Crippen LogP contribution is 2.25. The third kappa shape index (κ3) is 7.56. The number of benzene rings is 2.